The van der Waals surface area contributed by atoms with E-state index in [2.05, 4.69) is 5.73 Å². The van der Waals surface area contributed by atoms with Gasteiger partial charge in [0.25, 0.3) is 0 Å². The number of aliphatic hydroxyl groups excluding tert-OH is 1. The van der Waals surface area contributed by atoms with Crippen LogP contribution in [0.1, 0.15) is 0 Å². The molecule has 0 aromatic heterocycles. The molecule has 0 heterocycles. The summed E-state index contributed by atoms with van der Waals surface area (Å²) < 4.78 is 0. The molecule has 5 N–H and O–H groups in total. The zero-order valence-corrected chi connectivity index (χ0v) is 5.26. The maximum absolute atomic E-state index is 9.72. The molecule has 1 unspecified atom stereocenters. The Bertz CT molecular complexity index is 104. The molecule has 0 saturated carbocycles. The van der Waals surface area contributed by atoms with E-state index < -0.39 is 18.3 Å². The number of carboxylic acid groups (broad SMARTS) is 1. The Labute approximate surface area is 57.5 Å². The van der Waals surface area contributed by atoms with Gasteiger partial charge < -0.3 is 15.3 Å². The van der Waals surface area contributed by atoms with Crippen molar-refractivity contribution in [3.05, 3.63) is 0 Å². The minimum atomic E-state index is -2.49. The van der Waals surface area contributed by atoms with Gasteiger partial charge in [-0.3, -0.25) is 5.73 Å². The van der Waals surface area contributed by atoms with Crippen molar-refractivity contribution in [1.82, 2.24) is 0 Å². The average molecular weight is 158 g/mol. The summed E-state index contributed by atoms with van der Waals surface area (Å²) >= 11 is 0. The average Bonchev–Trinajstić information content (AvgIpc) is 1.67. The maximum Gasteiger partial charge on any atom is 0.353 e. The van der Waals surface area contributed by atoms with Crippen molar-refractivity contribution in [3.63, 3.8) is 0 Å². The van der Waals surface area contributed by atoms with E-state index in [1.54, 1.807) is 0 Å². The molecule has 0 bridgehead atoms. The van der Waals surface area contributed by atoms with Crippen molar-refractivity contribution in [1.29, 1.82) is 0 Å². The Morgan fingerprint density at radius 1 is 1.67 bits per heavy atom. The van der Waals surface area contributed by atoms with E-state index in [0.717, 1.165) is 0 Å². The van der Waals surface area contributed by atoms with Crippen molar-refractivity contribution < 1.29 is 20.1 Å². The number of hydrogen-bond acceptors (Lipinski definition) is 4. The normalized spacial score (nSPS) is 15.4. The van der Waals surface area contributed by atoms with E-state index in [9.17, 15) is 4.79 Å². The van der Waals surface area contributed by atoms with Crippen LogP contribution in [0.25, 0.3) is 0 Å². The fourth-order valence-electron chi connectivity index (χ4n) is 0.0676. The highest BCUT2D eigenvalue weighted by Gasteiger charge is 2.29. The van der Waals surface area contributed by atoms with Crippen molar-refractivity contribution in [2.75, 3.05) is 6.61 Å². The molecule has 0 radical (unpaired) electrons. The van der Waals surface area contributed by atoms with Gasteiger partial charge >= 0.3 is 5.97 Å². The van der Waals surface area contributed by atoms with Gasteiger partial charge in [0.05, 0.1) is 6.61 Å². The predicted molar refractivity (Wildman–Crippen MR) is 31.1 cm³/mol. The van der Waals surface area contributed by atoms with Gasteiger partial charge in [-0.05, 0) is 0 Å². The number of carboxylic acids is 1. The van der Waals surface area contributed by atoms with Gasteiger partial charge in [0.15, 0.2) is 0 Å². The van der Waals surface area contributed by atoms with Crippen molar-refractivity contribution in [2.45, 2.75) is 5.72 Å². The summed E-state index contributed by atoms with van der Waals surface area (Å²) in [6.45, 7) is -0.984. The quantitative estimate of drug-likeness (QED) is 0.352. The SMILES string of the molecule is Cl.NC(O)(CO)C(=O)O. The molecule has 6 heteroatoms. The second-order valence-corrected chi connectivity index (χ2v) is 1.39. The number of aliphatic carboxylic acids is 1. The third-order valence-electron chi connectivity index (χ3n) is 0.611. The van der Waals surface area contributed by atoms with Crippen LogP contribution in [0, 0.1) is 0 Å². The number of rotatable bonds is 2. The predicted octanol–water partition coefficient (Wildman–Crippen LogP) is -1.87. The lowest BCUT2D eigenvalue weighted by molar-refractivity contribution is -0.161. The highest BCUT2D eigenvalue weighted by atomic mass is 35.5. The molecule has 5 nitrogen and oxygen atoms in total. The second kappa shape index (κ2) is 3.62. The Morgan fingerprint density at radius 3 is 2.00 bits per heavy atom. The van der Waals surface area contributed by atoms with E-state index >= 15 is 0 Å². The number of hydrogen-bond donors (Lipinski definition) is 4. The minimum Gasteiger partial charge on any atom is -0.478 e. The first kappa shape index (κ1) is 11.4. The molecule has 0 saturated heterocycles. The highest BCUT2D eigenvalue weighted by Crippen LogP contribution is 1.89. The van der Waals surface area contributed by atoms with Crippen LogP contribution >= 0.6 is 12.4 Å². The number of halogens is 1. The molecule has 0 aliphatic heterocycles. The number of aliphatic hydroxyl groups is 2. The first-order valence-electron chi connectivity index (χ1n) is 1.86. The number of nitrogens with two attached hydrogens (primary N) is 1. The lowest BCUT2D eigenvalue weighted by Crippen LogP contribution is -2.51. The molecule has 0 aromatic carbocycles. The molecule has 9 heavy (non-hydrogen) atoms. The molecule has 56 valence electrons. The van der Waals surface area contributed by atoms with Gasteiger partial charge in [0.1, 0.15) is 0 Å². The lowest BCUT2D eigenvalue weighted by Gasteiger charge is -2.12. The Balaban J connectivity index is 0. The van der Waals surface area contributed by atoms with E-state index in [0.29, 0.717) is 0 Å². The van der Waals surface area contributed by atoms with Gasteiger partial charge in [-0.1, -0.05) is 0 Å². The molecular formula is C3H8ClNO4. The van der Waals surface area contributed by atoms with Crippen LogP contribution in [0.3, 0.4) is 0 Å². The van der Waals surface area contributed by atoms with E-state index in [-0.39, 0.29) is 12.4 Å². The molecule has 0 amide bonds. The van der Waals surface area contributed by atoms with Crippen LogP contribution in [0.2, 0.25) is 0 Å². The Kier molecular flexibility index (Phi) is 4.61. The molecule has 0 aliphatic rings. The maximum atomic E-state index is 9.72. The van der Waals surface area contributed by atoms with E-state index in [1.807, 2.05) is 0 Å². The van der Waals surface area contributed by atoms with Gasteiger partial charge in [0, 0.05) is 0 Å². The van der Waals surface area contributed by atoms with E-state index in [1.165, 1.54) is 0 Å². The summed E-state index contributed by atoms with van der Waals surface area (Å²) in [7, 11) is 0. The van der Waals surface area contributed by atoms with Crippen LogP contribution in [0.5, 0.6) is 0 Å². The summed E-state index contributed by atoms with van der Waals surface area (Å²) in [6, 6.07) is 0. The van der Waals surface area contributed by atoms with Crippen molar-refractivity contribution in [3.8, 4) is 0 Å². The van der Waals surface area contributed by atoms with Gasteiger partial charge in [-0.2, -0.15) is 0 Å². The van der Waals surface area contributed by atoms with Crippen LogP contribution in [0.4, 0.5) is 0 Å². The summed E-state index contributed by atoms with van der Waals surface area (Å²) in [6.07, 6.45) is 0. The fraction of sp³-hybridized carbons (Fsp3) is 0.667. The van der Waals surface area contributed by atoms with Crippen LogP contribution in [-0.4, -0.2) is 33.6 Å². The topological polar surface area (TPSA) is 104 Å². The second-order valence-electron chi connectivity index (χ2n) is 1.39. The summed E-state index contributed by atoms with van der Waals surface area (Å²) in [5.41, 5.74) is 2.08. The standard InChI is InChI=1S/C3H7NO4.ClH/c4-3(8,1-5)2(6)7;/h5,8H,1,4H2,(H,6,7);1H. The zero-order valence-electron chi connectivity index (χ0n) is 4.44. The fourth-order valence-corrected chi connectivity index (χ4v) is 0.0676. The minimum absolute atomic E-state index is 0. The Morgan fingerprint density at radius 2 is 2.00 bits per heavy atom. The van der Waals surface area contributed by atoms with Crippen molar-refractivity contribution >= 4 is 18.4 Å². The summed E-state index contributed by atoms with van der Waals surface area (Å²) in [5, 5.41) is 24.2. The summed E-state index contributed by atoms with van der Waals surface area (Å²) in [5.74, 6) is -1.64. The van der Waals surface area contributed by atoms with Crippen LogP contribution in [-0.2, 0) is 4.79 Å². The monoisotopic (exact) mass is 157 g/mol. The van der Waals surface area contributed by atoms with Crippen LogP contribution in [0.15, 0.2) is 0 Å². The summed E-state index contributed by atoms with van der Waals surface area (Å²) in [4.78, 5) is 9.72. The molecular weight excluding hydrogens is 149 g/mol. The van der Waals surface area contributed by atoms with Gasteiger partial charge in [0.2, 0.25) is 5.72 Å². The molecule has 0 aromatic rings. The van der Waals surface area contributed by atoms with Crippen LogP contribution < -0.4 is 5.73 Å². The molecule has 0 fully saturated rings. The van der Waals surface area contributed by atoms with Gasteiger partial charge in [-0.25, -0.2) is 4.79 Å². The molecule has 1 atom stereocenters. The third-order valence-corrected chi connectivity index (χ3v) is 0.611. The zero-order chi connectivity index (χ0) is 6.78. The molecule has 0 spiro atoms. The molecule has 0 rings (SSSR count). The first-order chi connectivity index (χ1) is 3.50. The highest BCUT2D eigenvalue weighted by molar-refractivity contribution is 5.85. The van der Waals surface area contributed by atoms with Crippen molar-refractivity contribution in [2.24, 2.45) is 5.73 Å². The molecule has 0 aliphatic carbocycles. The Hall–Kier alpha value is -0.360. The number of carbonyl (C=O) groups is 1. The van der Waals surface area contributed by atoms with E-state index in [4.69, 9.17) is 15.3 Å². The smallest absolute Gasteiger partial charge is 0.353 e. The lowest BCUT2D eigenvalue weighted by atomic mass is 10.3. The first-order valence-corrected chi connectivity index (χ1v) is 1.86. The van der Waals surface area contributed by atoms with Gasteiger partial charge in [-0.15, -0.1) is 12.4 Å². The third kappa shape index (κ3) is 3.26. The largest absolute Gasteiger partial charge is 0.478 e.